The molecule has 1 N–H and O–H groups in total. The average molecular weight is 412 g/mol. The van der Waals surface area contributed by atoms with Crippen LogP contribution in [0.25, 0.3) is 11.3 Å². The molecule has 2 saturated carbocycles. The lowest BCUT2D eigenvalue weighted by atomic mass is 9.95. The fourth-order valence-electron chi connectivity index (χ4n) is 5.41. The fraction of sp³-hybridized carbons (Fsp3) is 0.522. The molecule has 154 valence electrons. The first-order chi connectivity index (χ1) is 14.1. The van der Waals surface area contributed by atoms with E-state index in [4.69, 9.17) is 0 Å². The highest BCUT2D eigenvalue weighted by Gasteiger charge is 2.39. The molecule has 29 heavy (non-hydrogen) atoms. The van der Waals surface area contributed by atoms with E-state index in [0.717, 1.165) is 36.8 Å². The van der Waals surface area contributed by atoms with E-state index < -0.39 is 10.0 Å². The number of hydrogen-bond donors (Lipinski definition) is 1. The Morgan fingerprint density at radius 3 is 2.52 bits per heavy atom. The van der Waals surface area contributed by atoms with E-state index in [1.807, 2.05) is 12.1 Å². The minimum atomic E-state index is -3.50. The van der Waals surface area contributed by atoms with Crippen molar-refractivity contribution in [2.75, 3.05) is 13.1 Å². The third-order valence-corrected chi connectivity index (χ3v) is 8.92. The van der Waals surface area contributed by atoms with Crippen LogP contribution in [0.3, 0.4) is 0 Å². The third kappa shape index (κ3) is 3.74. The van der Waals surface area contributed by atoms with E-state index in [0.29, 0.717) is 29.7 Å². The second kappa shape index (κ2) is 7.82. The monoisotopic (exact) mass is 411 g/mol. The summed E-state index contributed by atoms with van der Waals surface area (Å²) in [5, 5.41) is 3.74. The highest BCUT2D eigenvalue weighted by atomic mass is 32.2. The molecule has 3 aliphatic rings. The summed E-state index contributed by atoms with van der Waals surface area (Å²) in [6.45, 7) is 2.07. The van der Waals surface area contributed by atoms with Crippen molar-refractivity contribution in [3.63, 3.8) is 0 Å². The van der Waals surface area contributed by atoms with Gasteiger partial charge in [-0.1, -0.05) is 30.7 Å². The van der Waals surface area contributed by atoms with Gasteiger partial charge in [0.25, 0.3) is 0 Å². The van der Waals surface area contributed by atoms with Gasteiger partial charge in [0.05, 0.1) is 5.69 Å². The maximum atomic E-state index is 13.1. The zero-order valence-corrected chi connectivity index (χ0v) is 17.6. The van der Waals surface area contributed by atoms with E-state index in [2.05, 4.69) is 22.4 Å². The van der Waals surface area contributed by atoms with E-state index in [1.54, 1.807) is 22.6 Å². The molecule has 5 rings (SSSR count). The van der Waals surface area contributed by atoms with Crippen molar-refractivity contribution in [3.05, 3.63) is 48.2 Å². The summed E-state index contributed by atoms with van der Waals surface area (Å²) >= 11 is 0. The number of rotatable bonds is 6. The molecular formula is C23H29N3O2S. The van der Waals surface area contributed by atoms with Crippen molar-refractivity contribution in [2.24, 2.45) is 11.8 Å². The summed E-state index contributed by atoms with van der Waals surface area (Å²) in [5.41, 5.74) is 2.63. The van der Waals surface area contributed by atoms with Crippen LogP contribution in [0.1, 0.15) is 44.1 Å². The van der Waals surface area contributed by atoms with Gasteiger partial charge in [0, 0.05) is 37.4 Å². The largest absolute Gasteiger partial charge is 0.310 e. The minimum Gasteiger partial charge on any atom is -0.310 e. The Morgan fingerprint density at radius 1 is 1.03 bits per heavy atom. The molecule has 2 heterocycles. The number of aromatic nitrogens is 1. The standard InChI is InChI=1S/C23H29N3O2S/c27-29(28,26-12-1-2-13-26)22-4-3-11-24-23(22)19-8-5-17(6-9-19)16-25-21-15-18-7-10-20(21)14-18/h3-6,8-9,11,18,20-21,25H,1-2,7,10,12-16H2/t18-,20+,21?/m1/s1. The number of fused-ring (bicyclic) bond motifs is 2. The van der Waals surface area contributed by atoms with Gasteiger partial charge in [0.2, 0.25) is 10.0 Å². The zero-order chi connectivity index (χ0) is 19.8. The molecule has 1 aromatic heterocycles. The van der Waals surface area contributed by atoms with Crippen LogP contribution < -0.4 is 5.32 Å². The lowest BCUT2D eigenvalue weighted by Crippen LogP contribution is -2.33. The zero-order valence-electron chi connectivity index (χ0n) is 16.8. The Kier molecular flexibility index (Phi) is 5.18. The molecule has 0 spiro atoms. The van der Waals surface area contributed by atoms with Crippen LogP contribution in [-0.4, -0.2) is 36.8 Å². The second-order valence-corrected chi connectivity index (χ2v) is 10.7. The first-order valence-electron chi connectivity index (χ1n) is 10.9. The quantitative estimate of drug-likeness (QED) is 0.785. The summed E-state index contributed by atoms with van der Waals surface area (Å²) in [4.78, 5) is 4.74. The minimum absolute atomic E-state index is 0.315. The number of hydrogen-bond acceptors (Lipinski definition) is 4. The Balaban J connectivity index is 1.32. The lowest BCUT2D eigenvalue weighted by molar-refractivity contribution is 0.351. The first-order valence-corrected chi connectivity index (χ1v) is 12.3. The van der Waals surface area contributed by atoms with Crippen molar-refractivity contribution in [2.45, 2.75) is 56.0 Å². The Morgan fingerprint density at radius 2 is 1.83 bits per heavy atom. The SMILES string of the molecule is O=S(=O)(c1cccnc1-c1ccc(CNC2C[C@@H]3CC[C@H]2C3)cc1)N1CCCC1. The molecule has 5 nitrogen and oxygen atoms in total. The molecule has 3 fully saturated rings. The van der Waals surface area contributed by atoms with Gasteiger partial charge in [-0.2, -0.15) is 4.31 Å². The van der Waals surface area contributed by atoms with Crippen LogP contribution >= 0.6 is 0 Å². The highest BCUT2D eigenvalue weighted by molar-refractivity contribution is 7.89. The van der Waals surface area contributed by atoms with Crippen LogP contribution in [0.5, 0.6) is 0 Å². The van der Waals surface area contributed by atoms with E-state index >= 15 is 0 Å². The smallest absolute Gasteiger partial charge is 0.245 e. The summed E-state index contributed by atoms with van der Waals surface area (Å²) in [5.74, 6) is 1.81. The summed E-state index contributed by atoms with van der Waals surface area (Å²) in [6, 6.07) is 12.3. The number of sulfonamides is 1. The molecule has 2 aliphatic carbocycles. The first kappa shape index (κ1) is 19.2. The number of pyridine rings is 1. The van der Waals surface area contributed by atoms with Crippen molar-refractivity contribution in [1.29, 1.82) is 0 Å². The molecule has 1 unspecified atom stereocenters. The molecule has 0 amide bonds. The van der Waals surface area contributed by atoms with Crippen molar-refractivity contribution >= 4 is 10.0 Å². The molecule has 1 aliphatic heterocycles. The van der Waals surface area contributed by atoms with Crippen molar-refractivity contribution < 1.29 is 8.42 Å². The van der Waals surface area contributed by atoms with Gasteiger partial charge >= 0.3 is 0 Å². The summed E-state index contributed by atoms with van der Waals surface area (Å²) < 4.78 is 27.8. The Bertz CT molecular complexity index is 968. The topological polar surface area (TPSA) is 62.3 Å². The van der Waals surface area contributed by atoms with Gasteiger partial charge in [-0.15, -0.1) is 0 Å². The van der Waals surface area contributed by atoms with Crippen LogP contribution in [0, 0.1) is 11.8 Å². The highest BCUT2D eigenvalue weighted by Crippen LogP contribution is 2.44. The van der Waals surface area contributed by atoms with Gasteiger partial charge in [0.1, 0.15) is 4.90 Å². The van der Waals surface area contributed by atoms with Crippen LogP contribution in [0.4, 0.5) is 0 Å². The van der Waals surface area contributed by atoms with E-state index in [9.17, 15) is 8.42 Å². The van der Waals surface area contributed by atoms with Gasteiger partial charge < -0.3 is 5.32 Å². The molecule has 0 radical (unpaired) electrons. The summed E-state index contributed by atoms with van der Waals surface area (Å²) in [6.07, 6.45) is 9.07. The second-order valence-electron chi connectivity index (χ2n) is 8.82. The predicted molar refractivity (Wildman–Crippen MR) is 114 cm³/mol. The normalized spacial score (nSPS) is 27.0. The van der Waals surface area contributed by atoms with Crippen molar-refractivity contribution in [1.82, 2.24) is 14.6 Å². The molecule has 2 bridgehead atoms. The Hall–Kier alpha value is -1.76. The van der Waals surface area contributed by atoms with Gasteiger partial charge in [-0.25, -0.2) is 8.42 Å². The third-order valence-electron chi connectivity index (χ3n) is 6.99. The van der Waals surface area contributed by atoms with Crippen LogP contribution in [0.2, 0.25) is 0 Å². The maximum absolute atomic E-state index is 13.1. The van der Waals surface area contributed by atoms with Crippen LogP contribution in [-0.2, 0) is 16.6 Å². The number of nitrogens with zero attached hydrogens (tertiary/aromatic N) is 2. The maximum Gasteiger partial charge on any atom is 0.245 e. The Labute approximate surface area is 173 Å². The van der Waals surface area contributed by atoms with Gasteiger partial charge in [-0.05, 0) is 61.6 Å². The van der Waals surface area contributed by atoms with E-state index in [-0.39, 0.29) is 0 Å². The van der Waals surface area contributed by atoms with Crippen molar-refractivity contribution in [3.8, 4) is 11.3 Å². The molecule has 3 atom stereocenters. The average Bonchev–Trinajstić information content (AvgIpc) is 3.51. The summed E-state index contributed by atoms with van der Waals surface area (Å²) in [7, 11) is -3.50. The molecule has 1 saturated heterocycles. The molecular weight excluding hydrogens is 382 g/mol. The molecule has 6 heteroatoms. The number of nitrogens with one attached hydrogen (secondary N) is 1. The van der Waals surface area contributed by atoms with Gasteiger partial charge in [0.15, 0.2) is 0 Å². The van der Waals surface area contributed by atoms with E-state index in [1.165, 1.54) is 31.2 Å². The van der Waals surface area contributed by atoms with Crippen LogP contribution in [0.15, 0.2) is 47.5 Å². The fourth-order valence-corrected chi connectivity index (χ4v) is 7.09. The number of benzene rings is 1. The van der Waals surface area contributed by atoms with Gasteiger partial charge in [-0.3, -0.25) is 4.98 Å². The predicted octanol–water partition coefficient (Wildman–Crippen LogP) is 3.81. The molecule has 2 aromatic rings. The molecule has 1 aromatic carbocycles. The lowest BCUT2D eigenvalue weighted by Gasteiger charge is -2.23.